The molecular formula is C7H7ClN4. The number of rotatable bonds is 1. The van der Waals surface area contributed by atoms with Crippen LogP contribution >= 0.6 is 12.4 Å². The molecule has 1 aromatic heterocycles. The van der Waals surface area contributed by atoms with Crippen LogP contribution in [-0.2, 0) is 0 Å². The van der Waals surface area contributed by atoms with Crippen molar-refractivity contribution in [2.45, 2.75) is 0 Å². The number of pyridine rings is 1. The van der Waals surface area contributed by atoms with E-state index in [4.69, 9.17) is 16.4 Å². The van der Waals surface area contributed by atoms with E-state index in [0.29, 0.717) is 11.3 Å². The van der Waals surface area contributed by atoms with Crippen LogP contribution in [0.25, 0.3) is 0 Å². The molecule has 0 fully saturated rings. The van der Waals surface area contributed by atoms with Gasteiger partial charge in [0.1, 0.15) is 11.5 Å². The number of nitrogens with two attached hydrogens (primary N) is 1. The molecule has 0 bridgehead atoms. The molecule has 0 unspecified atom stereocenters. The molecule has 0 amide bonds. The minimum atomic E-state index is -0.123. The van der Waals surface area contributed by atoms with Crippen LogP contribution in [0.2, 0.25) is 0 Å². The van der Waals surface area contributed by atoms with Crippen molar-refractivity contribution in [2.75, 3.05) is 0 Å². The molecule has 0 spiro atoms. The maximum Gasteiger partial charge on any atom is 0.141 e. The Balaban J connectivity index is 0.00000121. The maximum atomic E-state index is 8.45. The lowest BCUT2D eigenvalue weighted by Crippen LogP contribution is -2.12. The van der Waals surface area contributed by atoms with Gasteiger partial charge in [0.25, 0.3) is 0 Å². The van der Waals surface area contributed by atoms with Crippen molar-refractivity contribution in [3.05, 3.63) is 29.6 Å². The largest absolute Gasteiger partial charge is 0.382 e. The molecule has 0 aromatic carbocycles. The topological polar surface area (TPSA) is 86.5 Å². The highest BCUT2D eigenvalue weighted by Crippen LogP contribution is 1.98. The van der Waals surface area contributed by atoms with Gasteiger partial charge >= 0.3 is 0 Å². The number of hydrogen-bond donors (Lipinski definition) is 2. The molecule has 0 atom stereocenters. The third-order valence-electron chi connectivity index (χ3n) is 1.16. The number of nitrogen functional groups attached to an aromatic ring is 1. The maximum absolute atomic E-state index is 8.45. The highest BCUT2D eigenvalue weighted by Gasteiger charge is 1.97. The summed E-state index contributed by atoms with van der Waals surface area (Å²) in [7, 11) is 0. The molecule has 3 N–H and O–H groups in total. The number of nitrogens with one attached hydrogen (secondary N) is 1. The van der Waals surface area contributed by atoms with Gasteiger partial charge in [-0.3, -0.25) is 10.4 Å². The van der Waals surface area contributed by atoms with Gasteiger partial charge in [0.05, 0.1) is 11.6 Å². The van der Waals surface area contributed by atoms with E-state index in [0.717, 1.165) is 0 Å². The first kappa shape index (κ1) is 10.4. The Kier molecular flexibility index (Phi) is 3.74. The van der Waals surface area contributed by atoms with Gasteiger partial charge in [-0.15, -0.1) is 12.4 Å². The fourth-order valence-electron chi connectivity index (χ4n) is 0.647. The van der Waals surface area contributed by atoms with Crippen LogP contribution in [0.15, 0.2) is 18.3 Å². The molecule has 12 heavy (non-hydrogen) atoms. The summed E-state index contributed by atoms with van der Waals surface area (Å²) in [5.41, 5.74) is 5.95. The molecule has 1 rings (SSSR count). The van der Waals surface area contributed by atoms with Crippen molar-refractivity contribution in [1.82, 2.24) is 4.98 Å². The normalized spacial score (nSPS) is 7.92. The second-order valence-electron chi connectivity index (χ2n) is 1.96. The first-order chi connectivity index (χ1) is 5.24. The van der Waals surface area contributed by atoms with Gasteiger partial charge < -0.3 is 5.73 Å². The Morgan fingerprint density at radius 3 is 2.83 bits per heavy atom. The fraction of sp³-hybridized carbons (Fsp3) is 0. The average Bonchev–Trinajstić information content (AvgIpc) is 2.05. The van der Waals surface area contributed by atoms with Gasteiger partial charge in [0.15, 0.2) is 0 Å². The molecule has 1 heterocycles. The monoisotopic (exact) mass is 182 g/mol. The van der Waals surface area contributed by atoms with E-state index >= 15 is 0 Å². The van der Waals surface area contributed by atoms with Gasteiger partial charge in [-0.1, -0.05) is 0 Å². The summed E-state index contributed by atoms with van der Waals surface area (Å²) < 4.78 is 0. The van der Waals surface area contributed by atoms with E-state index in [1.807, 2.05) is 6.07 Å². The average molecular weight is 183 g/mol. The van der Waals surface area contributed by atoms with Crippen molar-refractivity contribution in [3.63, 3.8) is 0 Å². The van der Waals surface area contributed by atoms with Gasteiger partial charge in [-0.25, -0.2) is 0 Å². The summed E-state index contributed by atoms with van der Waals surface area (Å²) in [5.74, 6) is -0.123. The second-order valence-corrected chi connectivity index (χ2v) is 1.96. The summed E-state index contributed by atoms with van der Waals surface area (Å²) in [6.07, 6.45) is 1.45. The van der Waals surface area contributed by atoms with Gasteiger partial charge in [0, 0.05) is 6.20 Å². The second kappa shape index (κ2) is 4.31. The Morgan fingerprint density at radius 1 is 1.67 bits per heavy atom. The smallest absolute Gasteiger partial charge is 0.141 e. The van der Waals surface area contributed by atoms with Crippen LogP contribution < -0.4 is 5.73 Å². The summed E-state index contributed by atoms with van der Waals surface area (Å²) in [6.45, 7) is 0. The SMILES string of the molecule is Cl.N#Cc1ccnc(C(=N)N)c1. The zero-order valence-corrected chi connectivity index (χ0v) is 6.93. The lowest BCUT2D eigenvalue weighted by atomic mass is 10.2. The molecule has 0 saturated heterocycles. The van der Waals surface area contributed by atoms with E-state index < -0.39 is 0 Å². The van der Waals surface area contributed by atoms with Crippen molar-refractivity contribution in [3.8, 4) is 6.07 Å². The molecular weight excluding hydrogens is 176 g/mol. The van der Waals surface area contributed by atoms with E-state index in [1.54, 1.807) is 6.07 Å². The van der Waals surface area contributed by atoms with E-state index in [-0.39, 0.29) is 18.2 Å². The number of aromatic nitrogens is 1. The molecule has 4 nitrogen and oxygen atoms in total. The summed E-state index contributed by atoms with van der Waals surface area (Å²) in [6, 6.07) is 4.97. The molecule has 0 aliphatic carbocycles. The predicted octanol–water partition coefficient (Wildman–Crippen LogP) is 0.659. The molecule has 0 saturated carbocycles. The molecule has 5 heteroatoms. The van der Waals surface area contributed by atoms with Gasteiger partial charge in [0.2, 0.25) is 0 Å². The summed E-state index contributed by atoms with van der Waals surface area (Å²) in [4.78, 5) is 3.79. The highest BCUT2D eigenvalue weighted by atomic mass is 35.5. The standard InChI is InChI=1S/C7H6N4.ClH/c8-4-5-1-2-11-6(3-5)7(9)10;/h1-3H,(H3,9,10);1H. The van der Waals surface area contributed by atoms with E-state index in [9.17, 15) is 0 Å². The Bertz CT molecular complexity index is 328. The number of amidine groups is 1. The van der Waals surface area contributed by atoms with Crippen LogP contribution in [0, 0.1) is 16.7 Å². The Labute approximate surface area is 76.0 Å². The van der Waals surface area contributed by atoms with Crippen molar-refractivity contribution >= 4 is 18.2 Å². The number of nitriles is 1. The quantitative estimate of drug-likeness (QED) is 0.494. The minimum absolute atomic E-state index is 0. The highest BCUT2D eigenvalue weighted by molar-refractivity contribution is 5.93. The number of halogens is 1. The fourth-order valence-corrected chi connectivity index (χ4v) is 0.647. The molecule has 0 aliphatic heterocycles. The molecule has 0 radical (unpaired) electrons. The zero-order chi connectivity index (χ0) is 8.27. The van der Waals surface area contributed by atoms with Crippen LogP contribution in [0.4, 0.5) is 0 Å². The zero-order valence-electron chi connectivity index (χ0n) is 6.11. The van der Waals surface area contributed by atoms with Gasteiger partial charge in [-0.2, -0.15) is 5.26 Å². The Morgan fingerprint density at radius 2 is 2.33 bits per heavy atom. The van der Waals surface area contributed by atoms with Crippen LogP contribution in [-0.4, -0.2) is 10.8 Å². The Hall–Kier alpha value is -1.60. The van der Waals surface area contributed by atoms with Crippen LogP contribution in [0.5, 0.6) is 0 Å². The predicted molar refractivity (Wildman–Crippen MR) is 47.2 cm³/mol. The van der Waals surface area contributed by atoms with E-state index in [2.05, 4.69) is 4.98 Å². The first-order valence-corrected chi connectivity index (χ1v) is 2.94. The van der Waals surface area contributed by atoms with Crippen LogP contribution in [0.3, 0.4) is 0 Å². The first-order valence-electron chi connectivity index (χ1n) is 2.94. The lowest BCUT2D eigenvalue weighted by molar-refractivity contribution is 1.24. The molecule has 62 valence electrons. The summed E-state index contributed by atoms with van der Waals surface area (Å²) in [5, 5.41) is 15.5. The third kappa shape index (κ3) is 2.22. The number of nitrogens with zero attached hydrogens (tertiary/aromatic N) is 2. The third-order valence-corrected chi connectivity index (χ3v) is 1.16. The van der Waals surface area contributed by atoms with Crippen molar-refractivity contribution in [2.24, 2.45) is 5.73 Å². The lowest BCUT2D eigenvalue weighted by Gasteiger charge is -1.94. The van der Waals surface area contributed by atoms with Crippen molar-refractivity contribution in [1.29, 1.82) is 10.7 Å². The minimum Gasteiger partial charge on any atom is -0.382 e. The van der Waals surface area contributed by atoms with Gasteiger partial charge in [-0.05, 0) is 12.1 Å². The van der Waals surface area contributed by atoms with E-state index in [1.165, 1.54) is 12.3 Å². The van der Waals surface area contributed by atoms with Crippen LogP contribution in [0.1, 0.15) is 11.3 Å². The summed E-state index contributed by atoms with van der Waals surface area (Å²) >= 11 is 0. The molecule has 0 aliphatic rings. The number of hydrogen-bond acceptors (Lipinski definition) is 3. The molecule has 1 aromatic rings. The van der Waals surface area contributed by atoms with Crippen molar-refractivity contribution < 1.29 is 0 Å².